The highest BCUT2D eigenvalue weighted by atomic mass is 32.1. The second kappa shape index (κ2) is 6.44. The van der Waals surface area contributed by atoms with E-state index in [0.717, 1.165) is 5.69 Å². The van der Waals surface area contributed by atoms with E-state index in [4.69, 9.17) is 0 Å². The molecule has 0 bridgehead atoms. The van der Waals surface area contributed by atoms with Gasteiger partial charge in [0.2, 0.25) is 5.91 Å². The van der Waals surface area contributed by atoms with E-state index in [0.29, 0.717) is 13.1 Å². The summed E-state index contributed by atoms with van der Waals surface area (Å²) in [4.78, 5) is 15.0. The minimum absolute atomic E-state index is 0.0990. The van der Waals surface area contributed by atoms with Gasteiger partial charge >= 0.3 is 0 Å². The minimum Gasteiger partial charge on any atom is -0.328 e. The lowest BCUT2D eigenvalue weighted by Gasteiger charge is -2.20. The van der Waals surface area contributed by atoms with Gasteiger partial charge in [0, 0.05) is 4.88 Å². The summed E-state index contributed by atoms with van der Waals surface area (Å²) >= 11 is 1.66. The van der Waals surface area contributed by atoms with Crippen LogP contribution in [0.4, 0.5) is 0 Å². The maximum absolute atomic E-state index is 12.1. The summed E-state index contributed by atoms with van der Waals surface area (Å²) in [6, 6.07) is 2.06. The quantitative estimate of drug-likeness (QED) is 0.796. The van der Waals surface area contributed by atoms with E-state index in [1.54, 1.807) is 16.2 Å². The standard InChI is InChI=1S/C16H22N4OS/c1-6-15(21)19(11-14-12(2)7-8-22-14)9-13-10-20(18-17-13)16(3,4)5/h6-8,10H,1,9,11H2,2-5H3. The summed E-state index contributed by atoms with van der Waals surface area (Å²) in [6.45, 7) is 12.8. The summed E-state index contributed by atoms with van der Waals surface area (Å²) in [5.41, 5.74) is 1.85. The molecule has 2 aromatic heterocycles. The number of hydrogen-bond donors (Lipinski definition) is 0. The molecule has 2 rings (SSSR count). The molecule has 0 aromatic carbocycles. The molecule has 0 aliphatic heterocycles. The van der Waals surface area contributed by atoms with Gasteiger partial charge in [-0.15, -0.1) is 16.4 Å². The Labute approximate surface area is 135 Å². The first-order chi connectivity index (χ1) is 10.3. The van der Waals surface area contributed by atoms with Crippen molar-refractivity contribution < 1.29 is 4.79 Å². The molecule has 2 heterocycles. The molecule has 2 aromatic rings. The third-order valence-corrected chi connectivity index (χ3v) is 4.38. The molecule has 5 nitrogen and oxygen atoms in total. The van der Waals surface area contributed by atoms with Gasteiger partial charge in [-0.2, -0.15) is 0 Å². The number of nitrogens with zero attached hydrogens (tertiary/aromatic N) is 4. The summed E-state index contributed by atoms with van der Waals surface area (Å²) in [5.74, 6) is -0.0990. The Hall–Kier alpha value is -1.95. The number of aryl methyl sites for hydroxylation is 1. The second-order valence-corrected chi connectivity index (χ2v) is 7.25. The average Bonchev–Trinajstić information content (AvgIpc) is 3.06. The van der Waals surface area contributed by atoms with Crippen LogP contribution in [0, 0.1) is 6.92 Å². The first-order valence-electron chi connectivity index (χ1n) is 7.17. The summed E-state index contributed by atoms with van der Waals surface area (Å²) in [7, 11) is 0. The van der Waals surface area contributed by atoms with Crippen LogP contribution in [-0.2, 0) is 23.4 Å². The molecule has 0 N–H and O–H groups in total. The molecule has 118 valence electrons. The van der Waals surface area contributed by atoms with Crippen molar-refractivity contribution in [1.29, 1.82) is 0 Å². The molecule has 0 saturated heterocycles. The zero-order chi connectivity index (χ0) is 16.3. The largest absolute Gasteiger partial charge is 0.328 e. The van der Waals surface area contributed by atoms with Crippen molar-refractivity contribution in [2.24, 2.45) is 0 Å². The van der Waals surface area contributed by atoms with Crippen LogP contribution in [0.3, 0.4) is 0 Å². The molecule has 0 radical (unpaired) electrons. The van der Waals surface area contributed by atoms with Crippen LogP contribution in [0.2, 0.25) is 0 Å². The fourth-order valence-electron chi connectivity index (χ4n) is 1.97. The van der Waals surface area contributed by atoms with Crippen LogP contribution in [0.25, 0.3) is 0 Å². The Morgan fingerprint density at radius 1 is 1.45 bits per heavy atom. The normalized spacial score (nSPS) is 11.5. The molecule has 0 aliphatic carbocycles. The molecule has 1 amide bonds. The van der Waals surface area contributed by atoms with Crippen molar-refractivity contribution in [3.05, 3.63) is 46.4 Å². The maximum Gasteiger partial charge on any atom is 0.246 e. The van der Waals surface area contributed by atoms with Crippen molar-refractivity contribution in [2.75, 3.05) is 0 Å². The number of rotatable bonds is 5. The van der Waals surface area contributed by atoms with Gasteiger partial charge in [-0.05, 0) is 50.8 Å². The Kier molecular flexibility index (Phi) is 4.81. The van der Waals surface area contributed by atoms with Crippen molar-refractivity contribution in [1.82, 2.24) is 19.9 Å². The molecule has 0 unspecified atom stereocenters. The molecule has 0 fully saturated rings. The Balaban J connectivity index is 2.17. The van der Waals surface area contributed by atoms with Crippen LogP contribution in [0.15, 0.2) is 30.3 Å². The number of hydrogen-bond acceptors (Lipinski definition) is 4. The Morgan fingerprint density at radius 3 is 2.68 bits per heavy atom. The van der Waals surface area contributed by atoms with Crippen LogP contribution in [-0.4, -0.2) is 25.8 Å². The zero-order valence-corrected chi connectivity index (χ0v) is 14.4. The zero-order valence-electron chi connectivity index (χ0n) is 13.5. The second-order valence-electron chi connectivity index (χ2n) is 6.25. The number of amides is 1. The minimum atomic E-state index is -0.122. The fraction of sp³-hybridized carbons (Fsp3) is 0.438. The van der Waals surface area contributed by atoms with E-state index in [-0.39, 0.29) is 11.4 Å². The topological polar surface area (TPSA) is 51.0 Å². The smallest absolute Gasteiger partial charge is 0.246 e. The van der Waals surface area contributed by atoms with Crippen molar-refractivity contribution in [3.8, 4) is 0 Å². The molecule has 0 spiro atoms. The predicted octanol–water partition coefficient (Wildman–Crippen LogP) is 3.12. The monoisotopic (exact) mass is 318 g/mol. The van der Waals surface area contributed by atoms with Crippen molar-refractivity contribution in [3.63, 3.8) is 0 Å². The van der Waals surface area contributed by atoms with Gasteiger partial charge in [0.25, 0.3) is 0 Å². The third kappa shape index (κ3) is 3.82. The number of carbonyl (C=O) groups excluding carboxylic acids is 1. The average molecular weight is 318 g/mol. The Bertz CT molecular complexity index is 666. The maximum atomic E-state index is 12.1. The highest BCUT2D eigenvalue weighted by Gasteiger charge is 2.18. The number of aromatic nitrogens is 3. The SMILES string of the molecule is C=CC(=O)N(Cc1cn(C(C)(C)C)nn1)Cc1sccc1C. The Morgan fingerprint density at radius 2 is 2.18 bits per heavy atom. The molecular weight excluding hydrogens is 296 g/mol. The van der Waals surface area contributed by atoms with Crippen molar-refractivity contribution in [2.45, 2.75) is 46.3 Å². The number of carbonyl (C=O) groups is 1. The van der Waals surface area contributed by atoms with Crippen LogP contribution >= 0.6 is 11.3 Å². The molecular formula is C16H22N4OS. The van der Waals surface area contributed by atoms with Gasteiger partial charge in [0.15, 0.2) is 0 Å². The van der Waals surface area contributed by atoms with Gasteiger partial charge in [-0.25, -0.2) is 4.68 Å². The first kappa shape index (κ1) is 16.4. The van der Waals surface area contributed by atoms with Gasteiger partial charge in [0.1, 0.15) is 5.69 Å². The van der Waals surface area contributed by atoms with E-state index < -0.39 is 0 Å². The number of thiophene rings is 1. The van der Waals surface area contributed by atoms with Crippen molar-refractivity contribution >= 4 is 17.2 Å². The van der Waals surface area contributed by atoms with E-state index in [9.17, 15) is 4.79 Å². The lowest BCUT2D eigenvalue weighted by atomic mass is 10.1. The summed E-state index contributed by atoms with van der Waals surface area (Å²) < 4.78 is 1.81. The van der Waals surface area contributed by atoms with Gasteiger partial charge in [-0.1, -0.05) is 11.8 Å². The fourth-order valence-corrected chi connectivity index (χ4v) is 2.90. The van der Waals surface area contributed by atoms with E-state index in [1.807, 2.05) is 16.3 Å². The van der Waals surface area contributed by atoms with E-state index in [1.165, 1.54) is 16.5 Å². The molecule has 0 aliphatic rings. The third-order valence-electron chi connectivity index (χ3n) is 3.37. The van der Waals surface area contributed by atoms with Gasteiger partial charge in [-0.3, -0.25) is 4.79 Å². The van der Waals surface area contributed by atoms with Crippen LogP contribution in [0.5, 0.6) is 0 Å². The molecule has 0 atom stereocenters. The van der Waals surface area contributed by atoms with E-state index >= 15 is 0 Å². The summed E-state index contributed by atoms with van der Waals surface area (Å²) in [5, 5.41) is 10.4. The van der Waals surface area contributed by atoms with Gasteiger partial charge in [0.05, 0.1) is 24.8 Å². The van der Waals surface area contributed by atoms with Crippen LogP contribution < -0.4 is 0 Å². The summed E-state index contributed by atoms with van der Waals surface area (Å²) in [6.07, 6.45) is 3.24. The lowest BCUT2D eigenvalue weighted by molar-refractivity contribution is -0.127. The molecule has 0 saturated carbocycles. The molecule has 6 heteroatoms. The lowest BCUT2D eigenvalue weighted by Crippen LogP contribution is -2.28. The first-order valence-corrected chi connectivity index (χ1v) is 8.05. The van der Waals surface area contributed by atoms with Crippen LogP contribution in [0.1, 0.15) is 36.9 Å². The molecule has 22 heavy (non-hydrogen) atoms. The highest BCUT2D eigenvalue weighted by Crippen LogP contribution is 2.19. The van der Waals surface area contributed by atoms with Gasteiger partial charge < -0.3 is 4.90 Å². The highest BCUT2D eigenvalue weighted by molar-refractivity contribution is 7.10. The predicted molar refractivity (Wildman–Crippen MR) is 88.5 cm³/mol. The van der Waals surface area contributed by atoms with E-state index in [2.05, 4.69) is 50.7 Å².